The van der Waals surface area contributed by atoms with Gasteiger partial charge in [0.2, 0.25) is 5.91 Å². The number of amides is 2. The van der Waals surface area contributed by atoms with Crippen LogP contribution in [0, 0.1) is 5.92 Å². The molecule has 0 bridgehead atoms. The Balaban J connectivity index is 1.48. The van der Waals surface area contributed by atoms with Crippen molar-refractivity contribution in [3.8, 4) is 5.75 Å². The summed E-state index contributed by atoms with van der Waals surface area (Å²) < 4.78 is 5.45. The highest BCUT2D eigenvalue weighted by Gasteiger charge is 2.48. The lowest BCUT2D eigenvalue weighted by molar-refractivity contribution is -0.120. The van der Waals surface area contributed by atoms with Gasteiger partial charge in [-0.2, -0.15) is 0 Å². The molecule has 2 heterocycles. The number of carbonyl (C=O) groups excluding carboxylic acids is 2. The summed E-state index contributed by atoms with van der Waals surface area (Å²) in [7, 11) is 1.57. The minimum atomic E-state index is -0.507. The van der Waals surface area contributed by atoms with Crippen LogP contribution >= 0.6 is 0 Å². The molecule has 1 aromatic heterocycles. The van der Waals surface area contributed by atoms with Gasteiger partial charge in [0, 0.05) is 17.6 Å². The van der Waals surface area contributed by atoms with Gasteiger partial charge in [-0.1, -0.05) is 31.0 Å². The Morgan fingerprint density at radius 3 is 2.75 bits per heavy atom. The molecular weight excluding hydrogens is 402 g/mol. The first-order valence-electron chi connectivity index (χ1n) is 11.3. The molecule has 6 nitrogen and oxygen atoms in total. The Hall–Kier alpha value is -3.41. The zero-order valence-electron chi connectivity index (χ0n) is 18.2. The van der Waals surface area contributed by atoms with E-state index < -0.39 is 6.04 Å². The first-order valence-corrected chi connectivity index (χ1v) is 11.3. The number of anilines is 1. The fourth-order valence-electron chi connectivity index (χ4n) is 5.37. The molecule has 32 heavy (non-hydrogen) atoms. The number of ether oxygens (including phenoxy) is 1. The Morgan fingerprint density at radius 1 is 1.03 bits per heavy atom. The zero-order valence-corrected chi connectivity index (χ0v) is 18.2. The molecule has 2 fully saturated rings. The van der Waals surface area contributed by atoms with Crippen molar-refractivity contribution < 1.29 is 14.3 Å². The number of benzene rings is 2. The highest BCUT2D eigenvalue weighted by Crippen LogP contribution is 2.41. The van der Waals surface area contributed by atoms with Gasteiger partial charge in [0.25, 0.3) is 5.91 Å². The van der Waals surface area contributed by atoms with Crippen molar-refractivity contribution in [3.63, 3.8) is 0 Å². The summed E-state index contributed by atoms with van der Waals surface area (Å²) in [5, 5.41) is 3.99. The Bertz CT molecular complexity index is 1160. The first-order chi connectivity index (χ1) is 15.7. The summed E-state index contributed by atoms with van der Waals surface area (Å²) in [6, 6.07) is 16.3. The van der Waals surface area contributed by atoms with Crippen LogP contribution in [0.1, 0.15) is 42.5 Å². The summed E-state index contributed by atoms with van der Waals surface area (Å²) in [4.78, 5) is 33.5. The molecule has 3 unspecified atom stereocenters. The number of hydrogen-bond acceptors (Lipinski definition) is 4. The fourth-order valence-corrected chi connectivity index (χ4v) is 5.37. The maximum atomic E-state index is 13.7. The van der Waals surface area contributed by atoms with Crippen LogP contribution in [-0.4, -0.2) is 40.9 Å². The number of rotatable bonds is 4. The maximum Gasteiger partial charge on any atom is 0.258 e. The number of methoxy groups -OCH3 is 1. The van der Waals surface area contributed by atoms with Crippen LogP contribution in [0.25, 0.3) is 10.9 Å². The summed E-state index contributed by atoms with van der Waals surface area (Å²) in [5.74, 6) is 0.624. The predicted octanol–water partition coefficient (Wildman–Crippen LogP) is 4.66. The average molecular weight is 430 g/mol. The molecule has 1 N–H and O–H groups in total. The Morgan fingerprint density at radius 2 is 1.88 bits per heavy atom. The van der Waals surface area contributed by atoms with Crippen LogP contribution in [0.2, 0.25) is 0 Å². The second-order valence-electron chi connectivity index (χ2n) is 8.64. The predicted molar refractivity (Wildman–Crippen MR) is 124 cm³/mol. The SMILES string of the molecule is COc1ccccc1C(=O)N1C(C(=O)Nc2cccc3ncccc23)CC2CCCCC21. The third kappa shape index (κ3) is 3.60. The highest BCUT2D eigenvalue weighted by atomic mass is 16.5. The van der Waals surface area contributed by atoms with Crippen LogP contribution in [0.5, 0.6) is 5.75 Å². The largest absolute Gasteiger partial charge is 0.496 e. The van der Waals surface area contributed by atoms with Gasteiger partial charge in [-0.25, -0.2) is 0 Å². The van der Waals surface area contributed by atoms with E-state index >= 15 is 0 Å². The quantitative estimate of drug-likeness (QED) is 0.655. The first kappa shape index (κ1) is 20.5. The van der Waals surface area contributed by atoms with Crippen molar-refractivity contribution in [2.45, 2.75) is 44.2 Å². The molecule has 0 spiro atoms. The van der Waals surface area contributed by atoms with Gasteiger partial charge < -0.3 is 15.0 Å². The standard InChI is InChI=1S/C26H27N3O3/c1-32-24-14-5-3-9-19(24)26(31)29-22-13-4-2-8-17(22)16-23(29)25(30)28-21-12-6-11-20-18(21)10-7-15-27-20/h3,5-7,9-12,14-15,17,22-23H,2,4,8,13,16H2,1H3,(H,28,30). The smallest absolute Gasteiger partial charge is 0.258 e. The normalized spacial score (nSPS) is 22.4. The zero-order chi connectivity index (χ0) is 22.1. The van der Waals surface area contributed by atoms with E-state index in [9.17, 15) is 9.59 Å². The number of aromatic nitrogens is 1. The minimum Gasteiger partial charge on any atom is -0.496 e. The van der Waals surface area contributed by atoms with Gasteiger partial charge in [-0.15, -0.1) is 0 Å². The van der Waals surface area contributed by atoms with Gasteiger partial charge >= 0.3 is 0 Å². The molecule has 2 aliphatic rings. The second kappa shape index (κ2) is 8.61. The number of likely N-dealkylation sites (tertiary alicyclic amines) is 1. The fraction of sp³-hybridized carbons (Fsp3) is 0.346. The van der Waals surface area contributed by atoms with Gasteiger partial charge in [0.05, 0.1) is 23.9 Å². The molecule has 2 amide bonds. The number of hydrogen-bond donors (Lipinski definition) is 1. The van der Waals surface area contributed by atoms with E-state index in [1.54, 1.807) is 25.4 Å². The van der Waals surface area contributed by atoms with E-state index in [-0.39, 0.29) is 17.9 Å². The van der Waals surface area contributed by atoms with E-state index in [0.717, 1.165) is 42.3 Å². The van der Waals surface area contributed by atoms with Crippen LogP contribution in [0.15, 0.2) is 60.8 Å². The number of pyridine rings is 1. The van der Waals surface area contributed by atoms with Crippen molar-refractivity contribution in [2.24, 2.45) is 5.92 Å². The summed E-state index contributed by atoms with van der Waals surface area (Å²) in [6.07, 6.45) is 6.67. The molecule has 3 aromatic rings. The molecule has 5 rings (SSSR count). The average Bonchev–Trinajstić information content (AvgIpc) is 3.23. The summed E-state index contributed by atoms with van der Waals surface area (Å²) in [5.41, 5.74) is 2.06. The van der Waals surface area contributed by atoms with Crippen molar-refractivity contribution >= 4 is 28.4 Å². The van der Waals surface area contributed by atoms with E-state index in [1.165, 1.54) is 0 Å². The lowest BCUT2D eigenvalue weighted by atomic mass is 9.84. The molecular formula is C26H27N3O3. The molecule has 6 heteroatoms. The number of fused-ring (bicyclic) bond motifs is 2. The topological polar surface area (TPSA) is 71.5 Å². The molecule has 2 aromatic carbocycles. The van der Waals surface area contributed by atoms with Gasteiger partial charge in [-0.3, -0.25) is 14.6 Å². The van der Waals surface area contributed by atoms with Crippen LogP contribution in [0.4, 0.5) is 5.69 Å². The molecule has 1 aliphatic carbocycles. The van der Waals surface area contributed by atoms with Crippen molar-refractivity contribution in [1.29, 1.82) is 0 Å². The van der Waals surface area contributed by atoms with Crippen LogP contribution < -0.4 is 10.1 Å². The number of carbonyl (C=O) groups is 2. The lowest BCUT2D eigenvalue weighted by Crippen LogP contribution is -2.48. The monoisotopic (exact) mass is 429 g/mol. The molecule has 1 saturated heterocycles. The minimum absolute atomic E-state index is 0.0890. The number of para-hydroxylation sites is 1. The lowest BCUT2D eigenvalue weighted by Gasteiger charge is -2.34. The van der Waals surface area contributed by atoms with E-state index in [2.05, 4.69) is 10.3 Å². The van der Waals surface area contributed by atoms with Crippen LogP contribution in [0.3, 0.4) is 0 Å². The Labute approximate surface area is 187 Å². The van der Waals surface area contributed by atoms with Crippen molar-refractivity contribution in [2.75, 3.05) is 12.4 Å². The second-order valence-corrected chi connectivity index (χ2v) is 8.64. The van der Waals surface area contributed by atoms with E-state index in [0.29, 0.717) is 23.7 Å². The van der Waals surface area contributed by atoms with Crippen molar-refractivity contribution in [1.82, 2.24) is 9.88 Å². The highest BCUT2D eigenvalue weighted by molar-refractivity contribution is 6.06. The van der Waals surface area contributed by atoms with E-state index in [4.69, 9.17) is 4.74 Å². The molecule has 164 valence electrons. The molecule has 1 aliphatic heterocycles. The molecule has 1 saturated carbocycles. The van der Waals surface area contributed by atoms with Gasteiger partial charge in [0.15, 0.2) is 0 Å². The van der Waals surface area contributed by atoms with E-state index in [1.807, 2.05) is 47.4 Å². The van der Waals surface area contributed by atoms with Crippen LogP contribution in [-0.2, 0) is 4.79 Å². The van der Waals surface area contributed by atoms with Gasteiger partial charge in [0.1, 0.15) is 11.8 Å². The Kier molecular flexibility index (Phi) is 5.52. The maximum absolute atomic E-state index is 13.7. The number of nitrogens with one attached hydrogen (secondary N) is 1. The third-order valence-corrected chi connectivity index (χ3v) is 6.87. The summed E-state index contributed by atoms with van der Waals surface area (Å²) >= 11 is 0. The number of nitrogens with zero attached hydrogens (tertiary/aromatic N) is 2. The molecule has 3 atom stereocenters. The van der Waals surface area contributed by atoms with Gasteiger partial charge in [-0.05, 0) is 61.6 Å². The molecule has 0 radical (unpaired) electrons. The summed E-state index contributed by atoms with van der Waals surface area (Å²) in [6.45, 7) is 0. The third-order valence-electron chi connectivity index (χ3n) is 6.87. The van der Waals surface area contributed by atoms with Crippen molar-refractivity contribution in [3.05, 3.63) is 66.4 Å².